The summed E-state index contributed by atoms with van der Waals surface area (Å²) in [6, 6.07) is 3.60. The fraction of sp³-hybridized carbons (Fsp3) is 0.600. The Morgan fingerprint density at radius 1 is 1.29 bits per heavy atom. The third-order valence-corrected chi connectivity index (χ3v) is 6.05. The minimum atomic E-state index is -3.75. The molecule has 1 saturated carbocycles. The molecule has 0 bridgehead atoms. The van der Waals surface area contributed by atoms with E-state index in [1.165, 1.54) is 23.5 Å². The molecule has 0 N–H and O–H groups in total. The Bertz CT molecular complexity index is 583. The molecule has 0 spiro atoms. The summed E-state index contributed by atoms with van der Waals surface area (Å²) >= 11 is 0. The van der Waals surface area contributed by atoms with Crippen molar-refractivity contribution in [3.63, 3.8) is 0 Å². The highest BCUT2D eigenvalue weighted by atomic mass is 32.2. The molecule has 0 heterocycles. The highest BCUT2D eigenvalue weighted by molar-refractivity contribution is 7.89. The van der Waals surface area contributed by atoms with Gasteiger partial charge in [-0.2, -0.15) is 4.31 Å². The Morgan fingerprint density at radius 2 is 1.95 bits per heavy atom. The number of hydrogen-bond acceptors (Lipinski definition) is 3. The average molecular weight is 315 g/mol. The second kappa shape index (κ2) is 6.75. The summed E-state index contributed by atoms with van der Waals surface area (Å²) in [5.41, 5.74) is 0. The van der Waals surface area contributed by atoms with Gasteiger partial charge in [0, 0.05) is 12.6 Å². The van der Waals surface area contributed by atoms with E-state index in [4.69, 9.17) is 4.74 Å². The summed E-state index contributed by atoms with van der Waals surface area (Å²) in [6.07, 6.45) is 4.96. The Morgan fingerprint density at radius 3 is 2.52 bits per heavy atom. The first kappa shape index (κ1) is 16.2. The minimum absolute atomic E-state index is 0.00160. The Hall–Kier alpha value is -1.14. The molecule has 1 aromatic carbocycles. The molecule has 0 atom stereocenters. The van der Waals surface area contributed by atoms with Crippen LogP contribution in [-0.2, 0) is 10.0 Å². The van der Waals surface area contributed by atoms with Crippen molar-refractivity contribution in [2.24, 2.45) is 0 Å². The van der Waals surface area contributed by atoms with E-state index in [-0.39, 0.29) is 16.7 Å². The van der Waals surface area contributed by atoms with Crippen LogP contribution in [0.25, 0.3) is 0 Å². The molecule has 0 saturated heterocycles. The first-order valence-electron chi connectivity index (χ1n) is 7.36. The maximum absolute atomic E-state index is 13.5. The number of methoxy groups -OCH3 is 1. The summed E-state index contributed by atoms with van der Waals surface area (Å²) < 4.78 is 45.8. The van der Waals surface area contributed by atoms with Crippen LogP contribution < -0.4 is 4.74 Å². The molecule has 0 aromatic heterocycles. The lowest BCUT2D eigenvalue weighted by Gasteiger charge is -2.32. The smallest absolute Gasteiger partial charge is 0.247 e. The lowest BCUT2D eigenvalue weighted by atomic mass is 9.95. The van der Waals surface area contributed by atoms with E-state index >= 15 is 0 Å². The van der Waals surface area contributed by atoms with Gasteiger partial charge in [0.15, 0.2) is 0 Å². The number of benzene rings is 1. The molecule has 118 valence electrons. The summed E-state index contributed by atoms with van der Waals surface area (Å²) in [4.78, 5) is -0.0857. The van der Waals surface area contributed by atoms with E-state index in [9.17, 15) is 12.8 Å². The van der Waals surface area contributed by atoms with Crippen molar-refractivity contribution in [1.29, 1.82) is 0 Å². The summed E-state index contributed by atoms with van der Waals surface area (Å²) in [5, 5.41) is 0. The minimum Gasteiger partial charge on any atom is -0.495 e. The van der Waals surface area contributed by atoms with E-state index in [0.717, 1.165) is 38.2 Å². The molecule has 1 fully saturated rings. The topological polar surface area (TPSA) is 46.6 Å². The second-order valence-corrected chi connectivity index (χ2v) is 7.15. The van der Waals surface area contributed by atoms with Crippen molar-refractivity contribution in [3.8, 4) is 5.75 Å². The van der Waals surface area contributed by atoms with Gasteiger partial charge in [0.1, 0.15) is 16.5 Å². The van der Waals surface area contributed by atoms with Gasteiger partial charge in [-0.1, -0.05) is 26.2 Å². The van der Waals surface area contributed by atoms with Crippen molar-refractivity contribution >= 4 is 10.0 Å². The first-order chi connectivity index (χ1) is 10.0. The number of rotatable bonds is 5. The van der Waals surface area contributed by atoms with Crippen LogP contribution in [0.2, 0.25) is 0 Å². The standard InChI is InChI=1S/C15H22FNO3S/c1-3-17(13-7-5-4-6-8-13)21(18,19)15-11-12(16)9-10-14(15)20-2/h9-11,13H,3-8H2,1-2H3. The van der Waals surface area contributed by atoms with Gasteiger partial charge in [-0.25, -0.2) is 12.8 Å². The quantitative estimate of drug-likeness (QED) is 0.838. The predicted molar refractivity (Wildman–Crippen MR) is 79.4 cm³/mol. The zero-order chi connectivity index (χ0) is 15.5. The Kier molecular flexibility index (Phi) is 5.22. The van der Waals surface area contributed by atoms with Gasteiger partial charge < -0.3 is 4.74 Å². The van der Waals surface area contributed by atoms with E-state index in [1.807, 2.05) is 6.92 Å². The van der Waals surface area contributed by atoms with Crippen LogP contribution in [0.3, 0.4) is 0 Å². The second-order valence-electron chi connectivity index (χ2n) is 5.30. The molecular formula is C15H22FNO3S. The number of sulfonamides is 1. The van der Waals surface area contributed by atoms with Crippen LogP contribution in [0.1, 0.15) is 39.0 Å². The van der Waals surface area contributed by atoms with Gasteiger partial charge in [-0.3, -0.25) is 0 Å². The van der Waals surface area contributed by atoms with Crippen LogP contribution in [-0.4, -0.2) is 32.4 Å². The van der Waals surface area contributed by atoms with E-state index in [1.54, 1.807) is 0 Å². The van der Waals surface area contributed by atoms with Gasteiger partial charge in [-0.15, -0.1) is 0 Å². The highest BCUT2D eigenvalue weighted by Crippen LogP contribution is 2.32. The van der Waals surface area contributed by atoms with Crippen LogP contribution in [0.15, 0.2) is 23.1 Å². The lowest BCUT2D eigenvalue weighted by Crippen LogP contribution is -2.41. The molecule has 4 nitrogen and oxygen atoms in total. The van der Waals surface area contributed by atoms with Gasteiger partial charge >= 0.3 is 0 Å². The Labute approximate surface area is 126 Å². The summed E-state index contributed by atoms with van der Waals surface area (Å²) in [5.74, 6) is -0.389. The Balaban J connectivity index is 2.41. The SMILES string of the molecule is CCN(C1CCCCC1)S(=O)(=O)c1cc(F)ccc1OC. The maximum atomic E-state index is 13.5. The number of hydrogen-bond donors (Lipinski definition) is 0. The molecule has 2 rings (SSSR count). The molecule has 0 unspecified atom stereocenters. The first-order valence-corrected chi connectivity index (χ1v) is 8.80. The average Bonchev–Trinajstić information content (AvgIpc) is 2.49. The van der Waals surface area contributed by atoms with Crippen molar-refractivity contribution in [2.75, 3.05) is 13.7 Å². The fourth-order valence-corrected chi connectivity index (χ4v) is 4.83. The van der Waals surface area contributed by atoms with Crippen molar-refractivity contribution < 1.29 is 17.5 Å². The molecule has 1 aliphatic rings. The molecule has 1 aliphatic carbocycles. The zero-order valence-electron chi connectivity index (χ0n) is 12.5. The molecule has 21 heavy (non-hydrogen) atoms. The lowest BCUT2D eigenvalue weighted by molar-refractivity contribution is 0.260. The normalized spacial score (nSPS) is 17.1. The predicted octanol–water partition coefficient (Wildman–Crippen LogP) is 3.18. The third kappa shape index (κ3) is 3.37. The van der Waals surface area contributed by atoms with E-state index < -0.39 is 15.8 Å². The molecule has 0 radical (unpaired) electrons. The van der Waals surface area contributed by atoms with Gasteiger partial charge in [0.2, 0.25) is 10.0 Å². The highest BCUT2D eigenvalue weighted by Gasteiger charge is 2.33. The third-order valence-electron chi connectivity index (χ3n) is 4.01. The molecule has 6 heteroatoms. The number of ether oxygens (including phenoxy) is 1. The molecule has 1 aromatic rings. The molecule has 0 amide bonds. The van der Waals surface area contributed by atoms with Crippen molar-refractivity contribution in [3.05, 3.63) is 24.0 Å². The monoisotopic (exact) mass is 315 g/mol. The number of halogens is 1. The molecule has 0 aliphatic heterocycles. The largest absolute Gasteiger partial charge is 0.495 e. The van der Waals surface area contributed by atoms with E-state index in [0.29, 0.717) is 6.54 Å². The van der Waals surface area contributed by atoms with Crippen LogP contribution in [0, 0.1) is 5.82 Å². The van der Waals surface area contributed by atoms with Gasteiger partial charge in [-0.05, 0) is 31.0 Å². The van der Waals surface area contributed by atoms with Crippen LogP contribution >= 0.6 is 0 Å². The van der Waals surface area contributed by atoms with E-state index in [2.05, 4.69) is 0 Å². The van der Waals surface area contributed by atoms with Crippen LogP contribution in [0.4, 0.5) is 4.39 Å². The maximum Gasteiger partial charge on any atom is 0.247 e. The fourth-order valence-electron chi connectivity index (χ4n) is 2.97. The zero-order valence-corrected chi connectivity index (χ0v) is 13.3. The number of nitrogens with zero attached hydrogens (tertiary/aromatic N) is 1. The molecular weight excluding hydrogens is 293 g/mol. The van der Waals surface area contributed by atoms with Gasteiger partial charge in [0.25, 0.3) is 0 Å². The van der Waals surface area contributed by atoms with Crippen molar-refractivity contribution in [1.82, 2.24) is 4.31 Å². The summed E-state index contributed by atoms with van der Waals surface area (Å²) in [7, 11) is -2.36. The van der Waals surface area contributed by atoms with Crippen molar-refractivity contribution in [2.45, 2.75) is 50.0 Å². The van der Waals surface area contributed by atoms with Crippen LogP contribution in [0.5, 0.6) is 5.75 Å². The van der Waals surface area contributed by atoms with Gasteiger partial charge in [0.05, 0.1) is 7.11 Å². The summed E-state index contributed by atoms with van der Waals surface area (Å²) in [6.45, 7) is 2.20.